The highest BCUT2D eigenvalue weighted by atomic mass is 32.2. The van der Waals surface area contributed by atoms with Crippen LogP contribution in [0.4, 0.5) is 5.69 Å². The van der Waals surface area contributed by atoms with E-state index in [4.69, 9.17) is 0 Å². The molecule has 2 aliphatic rings. The Balaban J connectivity index is 1.59. The number of carbonyl (C=O) groups excluding carboxylic acids is 2. The Morgan fingerprint density at radius 2 is 2.00 bits per heavy atom. The van der Waals surface area contributed by atoms with Crippen molar-refractivity contribution in [2.24, 2.45) is 5.92 Å². The summed E-state index contributed by atoms with van der Waals surface area (Å²) in [5.41, 5.74) is 1.32. The Labute approximate surface area is 141 Å². The lowest BCUT2D eigenvalue weighted by Crippen LogP contribution is -2.39. The van der Waals surface area contributed by atoms with Gasteiger partial charge in [0.15, 0.2) is 0 Å². The second-order valence-corrected chi connectivity index (χ2v) is 7.68. The van der Waals surface area contributed by atoms with Gasteiger partial charge >= 0.3 is 0 Å². The molecule has 23 heavy (non-hydrogen) atoms. The number of amides is 2. The molecule has 4 nitrogen and oxygen atoms in total. The predicted molar refractivity (Wildman–Crippen MR) is 94.8 cm³/mol. The van der Waals surface area contributed by atoms with E-state index in [1.165, 1.54) is 12.8 Å². The summed E-state index contributed by atoms with van der Waals surface area (Å²) in [5.74, 6) is 0.190. The Morgan fingerprint density at radius 3 is 2.74 bits per heavy atom. The van der Waals surface area contributed by atoms with Crippen LogP contribution in [0.5, 0.6) is 0 Å². The van der Waals surface area contributed by atoms with Crippen LogP contribution in [-0.4, -0.2) is 29.4 Å². The topological polar surface area (TPSA) is 58.2 Å². The van der Waals surface area contributed by atoms with Crippen LogP contribution in [0.15, 0.2) is 24.3 Å². The third kappa shape index (κ3) is 4.50. The van der Waals surface area contributed by atoms with Crippen LogP contribution in [-0.2, 0) is 4.79 Å². The molecule has 0 radical (unpaired) electrons. The lowest BCUT2D eigenvalue weighted by molar-refractivity contribution is -0.117. The van der Waals surface area contributed by atoms with E-state index in [0.717, 1.165) is 25.7 Å². The molecule has 1 aromatic rings. The molecular weight excluding hydrogens is 308 g/mol. The SMILES string of the molecule is CS[C@H]1CCC[C@H](NC(=O)c2cccc(NC(=O)C3CC3)c2)C1. The fourth-order valence-corrected chi connectivity index (χ4v) is 3.91. The number of nitrogens with one attached hydrogen (secondary N) is 2. The summed E-state index contributed by atoms with van der Waals surface area (Å²) in [6.07, 6.45) is 8.62. The van der Waals surface area contributed by atoms with Crippen molar-refractivity contribution < 1.29 is 9.59 Å². The molecule has 1 aromatic carbocycles. The number of anilines is 1. The van der Waals surface area contributed by atoms with E-state index in [9.17, 15) is 9.59 Å². The second kappa shape index (κ2) is 7.39. The van der Waals surface area contributed by atoms with Gasteiger partial charge in [0.25, 0.3) is 5.91 Å². The minimum absolute atomic E-state index is 0.0423. The van der Waals surface area contributed by atoms with E-state index >= 15 is 0 Å². The quantitative estimate of drug-likeness (QED) is 0.868. The minimum Gasteiger partial charge on any atom is -0.349 e. The van der Waals surface area contributed by atoms with Crippen LogP contribution in [0.25, 0.3) is 0 Å². The number of benzene rings is 1. The lowest BCUT2D eigenvalue weighted by Gasteiger charge is -2.28. The summed E-state index contributed by atoms with van der Waals surface area (Å²) in [6, 6.07) is 7.49. The van der Waals surface area contributed by atoms with Crippen molar-refractivity contribution in [1.29, 1.82) is 0 Å². The fourth-order valence-electron chi connectivity index (χ4n) is 3.09. The molecule has 2 aliphatic carbocycles. The average Bonchev–Trinajstić information content (AvgIpc) is 3.40. The van der Waals surface area contributed by atoms with Gasteiger partial charge in [-0.05, 0) is 56.6 Å². The van der Waals surface area contributed by atoms with Gasteiger partial charge in [-0.2, -0.15) is 11.8 Å². The molecule has 0 aliphatic heterocycles. The van der Waals surface area contributed by atoms with Gasteiger partial charge in [0.05, 0.1) is 0 Å². The number of hydrogen-bond acceptors (Lipinski definition) is 3. The van der Waals surface area contributed by atoms with Gasteiger partial charge < -0.3 is 10.6 Å². The zero-order valence-electron chi connectivity index (χ0n) is 13.5. The van der Waals surface area contributed by atoms with E-state index in [0.29, 0.717) is 16.5 Å². The van der Waals surface area contributed by atoms with E-state index in [1.54, 1.807) is 12.1 Å². The van der Waals surface area contributed by atoms with Gasteiger partial charge in [0.2, 0.25) is 5.91 Å². The first kappa shape index (κ1) is 16.4. The van der Waals surface area contributed by atoms with Crippen LogP contribution in [0, 0.1) is 5.92 Å². The van der Waals surface area contributed by atoms with Crippen molar-refractivity contribution >= 4 is 29.3 Å². The highest BCUT2D eigenvalue weighted by Crippen LogP contribution is 2.30. The fraction of sp³-hybridized carbons (Fsp3) is 0.556. The second-order valence-electron chi connectivity index (χ2n) is 6.54. The molecular formula is C18H24N2O2S. The first-order chi connectivity index (χ1) is 11.2. The molecule has 0 spiro atoms. The molecule has 2 fully saturated rings. The number of carbonyl (C=O) groups is 2. The molecule has 2 atom stereocenters. The van der Waals surface area contributed by atoms with Gasteiger partial charge in [-0.15, -0.1) is 0 Å². The normalized spacial score (nSPS) is 24.0. The third-order valence-corrected chi connectivity index (χ3v) is 5.73. The van der Waals surface area contributed by atoms with E-state index in [2.05, 4.69) is 16.9 Å². The van der Waals surface area contributed by atoms with Crippen LogP contribution >= 0.6 is 11.8 Å². The number of hydrogen-bond donors (Lipinski definition) is 2. The molecule has 0 heterocycles. The third-order valence-electron chi connectivity index (χ3n) is 4.64. The maximum Gasteiger partial charge on any atom is 0.251 e. The minimum atomic E-state index is -0.0423. The van der Waals surface area contributed by atoms with E-state index in [-0.39, 0.29) is 23.8 Å². The maximum atomic E-state index is 12.5. The largest absolute Gasteiger partial charge is 0.349 e. The van der Waals surface area contributed by atoms with E-state index < -0.39 is 0 Å². The Kier molecular flexibility index (Phi) is 5.26. The summed E-state index contributed by atoms with van der Waals surface area (Å²) in [6.45, 7) is 0. The highest BCUT2D eigenvalue weighted by molar-refractivity contribution is 7.99. The van der Waals surface area contributed by atoms with Gasteiger partial charge in [0, 0.05) is 28.5 Å². The summed E-state index contributed by atoms with van der Waals surface area (Å²) >= 11 is 1.89. The van der Waals surface area contributed by atoms with Crippen molar-refractivity contribution in [1.82, 2.24) is 5.32 Å². The molecule has 2 amide bonds. The zero-order valence-corrected chi connectivity index (χ0v) is 14.3. The summed E-state index contributed by atoms with van der Waals surface area (Å²) in [7, 11) is 0. The molecule has 5 heteroatoms. The molecule has 0 unspecified atom stereocenters. The molecule has 0 bridgehead atoms. The van der Waals surface area contributed by atoms with Gasteiger partial charge in [-0.1, -0.05) is 12.5 Å². The lowest BCUT2D eigenvalue weighted by atomic mass is 9.94. The molecule has 3 rings (SSSR count). The van der Waals surface area contributed by atoms with Crippen LogP contribution in [0.1, 0.15) is 48.9 Å². The molecule has 0 saturated heterocycles. The first-order valence-electron chi connectivity index (χ1n) is 8.40. The molecule has 0 aromatic heterocycles. The highest BCUT2D eigenvalue weighted by Gasteiger charge is 2.29. The predicted octanol–water partition coefficient (Wildman–Crippen LogP) is 3.44. The van der Waals surface area contributed by atoms with Crippen molar-refractivity contribution in [3.63, 3.8) is 0 Å². The van der Waals surface area contributed by atoms with Crippen molar-refractivity contribution in [3.05, 3.63) is 29.8 Å². The van der Waals surface area contributed by atoms with Gasteiger partial charge in [-0.3, -0.25) is 9.59 Å². The van der Waals surface area contributed by atoms with Crippen molar-refractivity contribution in [3.8, 4) is 0 Å². The van der Waals surface area contributed by atoms with Gasteiger partial charge in [0.1, 0.15) is 0 Å². The van der Waals surface area contributed by atoms with Crippen molar-refractivity contribution in [2.45, 2.75) is 49.8 Å². The molecule has 2 saturated carbocycles. The Morgan fingerprint density at radius 1 is 1.17 bits per heavy atom. The summed E-state index contributed by atoms with van der Waals surface area (Å²) < 4.78 is 0. The Hall–Kier alpha value is -1.49. The maximum absolute atomic E-state index is 12.5. The standard InChI is InChI=1S/C18H24N2O2S/c1-23-16-7-3-6-15(11-16)20-18(22)13-4-2-5-14(10-13)19-17(21)12-8-9-12/h2,4-5,10,12,15-16H,3,6-9,11H2,1H3,(H,19,21)(H,20,22)/t15-,16-/m0/s1. The number of rotatable bonds is 5. The van der Waals surface area contributed by atoms with Crippen molar-refractivity contribution in [2.75, 3.05) is 11.6 Å². The van der Waals surface area contributed by atoms with E-state index in [1.807, 2.05) is 23.9 Å². The van der Waals surface area contributed by atoms with Gasteiger partial charge in [-0.25, -0.2) is 0 Å². The monoisotopic (exact) mass is 332 g/mol. The zero-order chi connectivity index (χ0) is 16.2. The van der Waals surface area contributed by atoms with Crippen LogP contribution < -0.4 is 10.6 Å². The summed E-state index contributed by atoms with van der Waals surface area (Å²) in [4.78, 5) is 24.3. The first-order valence-corrected chi connectivity index (χ1v) is 9.69. The molecule has 124 valence electrons. The smallest absolute Gasteiger partial charge is 0.251 e. The Bertz CT molecular complexity index is 586. The summed E-state index contributed by atoms with van der Waals surface area (Å²) in [5, 5.41) is 6.70. The molecule has 2 N–H and O–H groups in total. The average molecular weight is 332 g/mol. The van der Waals surface area contributed by atoms with Crippen LogP contribution in [0.3, 0.4) is 0 Å². The number of thioether (sulfide) groups is 1. The van der Waals surface area contributed by atoms with Crippen LogP contribution in [0.2, 0.25) is 0 Å².